The van der Waals surface area contributed by atoms with Crippen LogP contribution in [-0.2, 0) is 0 Å². The van der Waals surface area contributed by atoms with E-state index in [0.717, 1.165) is 0 Å². The Bertz CT molecular complexity index is 261. The second-order valence-corrected chi connectivity index (χ2v) is 7.84. The standard InChI is InChI=1S/C23H48N2/c1-4-5-6-7-8-9-10-11-12-13-14-15-16-17-18-19-21-24-22-20-23-25(2)3/h11-12,24H,4-10,13-23H2,1-3H3/b12-11-. The van der Waals surface area contributed by atoms with Gasteiger partial charge in [-0.1, -0.05) is 76.9 Å². The second kappa shape index (κ2) is 21.7. The van der Waals surface area contributed by atoms with E-state index in [1.54, 1.807) is 0 Å². The van der Waals surface area contributed by atoms with Crippen LogP contribution in [0, 0.1) is 0 Å². The molecule has 0 atom stereocenters. The van der Waals surface area contributed by atoms with Gasteiger partial charge in [0, 0.05) is 0 Å². The smallest absolute Gasteiger partial charge is 0.00127 e. The number of rotatable bonds is 20. The molecule has 0 bridgehead atoms. The zero-order chi connectivity index (χ0) is 18.4. The fourth-order valence-corrected chi connectivity index (χ4v) is 3.14. The Labute approximate surface area is 159 Å². The summed E-state index contributed by atoms with van der Waals surface area (Å²) < 4.78 is 0. The van der Waals surface area contributed by atoms with Crippen LogP contribution >= 0.6 is 0 Å². The van der Waals surface area contributed by atoms with E-state index in [0.29, 0.717) is 0 Å². The lowest BCUT2D eigenvalue weighted by molar-refractivity contribution is 0.394. The van der Waals surface area contributed by atoms with Crippen molar-refractivity contribution in [3.63, 3.8) is 0 Å². The summed E-state index contributed by atoms with van der Waals surface area (Å²) in [5.74, 6) is 0. The Kier molecular flexibility index (Phi) is 21.4. The molecule has 150 valence electrons. The summed E-state index contributed by atoms with van der Waals surface area (Å²) in [5.41, 5.74) is 0. The summed E-state index contributed by atoms with van der Waals surface area (Å²) in [7, 11) is 4.29. The van der Waals surface area contributed by atoms with Gasteiger partial charge in [-0.2, -0.15) is 0 Å². The van der Waals surface area contributed by atoms with Crippen LogP contribution in [0.25, 0.3) is 0 Å². The summed E-state index contributed by atoms with van der Waals surface area (Å²) >= 11 is 0. The van der Waals surface area contributed by atoms with Gasteiger partial charge in [0.05, 0.1) is 0 Å². The molecule has 0 heterocycles. The molecule has 1 N–H and O–H groups in total. The number of nitrogens with one attached hydrogen (secondary N) is 1. The first-order valence-electron chi connectivity index (χ1n) is 11.3. The molecule has 0 radical (unpaired) electrons. The topological polar surface area (TPSA) is 15.3 Å². The lowest BCUT2D eigenvalue weighted by atomic mass is 10.1. The minimum atomic E-state index is 1.17. The van der Waals surface area contributed by atoms with E-state index >= 15 is 0 Å². The first-order chi connectivity index (χ1) is 12.3. The van der Waals surface area contributed by atoms with Crippen LogP contribution in [0.3, 0.4) is 0 Å². The average Bonchev–Trinajstić information content (AvgIpc) is 2.60. The average molecular weight is 353 g/mol. The van der Waals surface area contributed by atoms with Gasteiger partial charge in [-0.15, -0.1) is 0 Å². The van der Waals surface area contributed by atoms with Crippen molar-refractivity contribution < 1.29 is 0 Å². The van der Waals surface area contributed by atoms with Crippen molar-refractivity contribution in [3.8, 4) is 0 Å². The summed E-state index contributed by atoms with van der Waals surface area (Å²) in [6.45, 7) is 5.85. The highest BCUT2D eigenvalue weighted by Crippen LogP contribution is 2.09. The maximum Gasteiger partial charge on any atom is -0.00127 e. The Morgan fingerprint density at radius 1 is 0.600 bits per heavy atom. The molecule has 0 amide bonds. The molecule has 0 saturated heterocycles. The minimum absolute atomic E-state index is 1.17. The van der Waals surface area contributed by atoms with E-state index in [1.807, 2.05) is 0 Å². The highest BCUT2D eigenvalue weighted by molar-refractivity contribution is 4.81. The summed E-state index contributed by atoms with van der Waals surface area (Å²) in [4.78, 5) is 2.26. The Balaban J connectivity index is 3.05. The lowest BCUT2D eigenvalue weighted by Crippen LogP contribution is -2.22. The summed E-state index contributed by atoms with van der Waals surface area (Å²) in [5, 5.41) is 3.55. The Morgan fingerprint density at radius 3 is 1.64 bits per heavy atom. The Morgan fingerprint density at radius 2 is 1.08 bits per heavy atom. The van der Waals surface area contributed by atoms with E-state index in [1.165, 1.54) is 116 Å². The molecule has 0 fully saturated rings. The van der Waals surface area contributed by atoms with Crippen molar-refractivity contribution in [3.05, 3.63) is 12.2 Å². The van der Waals surface area contributed by atoms with Crippen molar-refractivity contribution in [2.75, 3.05) is 33.7 Å². The third-order valence-corrected chi connectivity index (χ3v) is 4.82. The molecule has 0 unspecified atom stereocenters. The van der Waals surface area contributed by atoms with Gasteiger partial charge < -0.3 is 10.2 Å². The largest absolute Gasteiger partial charge is 0.317 e. The summed E-state index contributed by atoms with van der Waals surface area (Å²) in [6, 6.07) is 0. The highest BCUT2D eigenvalue weighted by Gasteiger charge is 1.93. The van der Waals surface area contributed by atoms with Crippen LogP contribution < -0.4 is 5.32 Å². The van der Waals surface area contributed by atoms with Crippen molar-refractivity contribution >= 4 is 0 Å². The quantitative estimate of drug-likeness (QED) is 0.197. The van der Waals surface area contributed by atoms with Crippen LogP contribution in [-0.4, -0.2) is 38.6 Å². The van der Waals surface area contributed by atoms with E-state index in [-0.39, 0.29) is 0 Å². The van der Waals surface area contributed by atoms with Crippen LogP contribution in [0.2, 0.25) is 0 Å². The van der Waals surface area contributed by atoms with Crippen molar-refractivity contribution in [1.29, 1.82) is 0 Å². The van der Waals surface area contributed by atoms with Gasteiger partial charge in [-0.05, 0) is 72.3 Å². The Hall–Kier alpha value is -0.340. The fraction of sp³-hybridized carbons (Fsp3) is 0.913. The van der Waals surface area contributed by atoms with Crippen molar-refractivity contribution in [2.45, 2.75) is 103 Å². The van der Waals surface area contributed by atoms with Crippen LogP contribution in [0.1, 0.15) is 103 Å². The predicted octanol–water partition coefficient (Wildman–Crippen LogP) is 6.57. The molecule has 2 nitrogen and oxygen atoms in total. The molecule has 2 heteroatoms. The van der Waals surface area contributed by atoms with Gasteiger partial charge in [0.2, 0.25) is 0 Å². The van der Waals surface area contributed by atoms with E-state index in [4.69, 9.17) is 0 Å². The first kappa shape index (κ1) is 24.7. The van der Waals surface area contributed by atoms with Gasteiger partial charge in [0.25, 0.3) is 0 Å². The fourth-order valence-electron chi connectivity index (χ4n) is 3.14. The molecule has 0 rings (SSSR count). The molecular weight excluding hydrogens is 304 g/mol. The zero-order valence-electron chi connectivity index (χ0n) is 17.8. The molecule has 0 aromatic heterocycles. The van der Waals surface area contributed by atoms with Crippen LogP contribution in [0.5, 0.6) is 0 Å². The van der Waals surface area contributed by atoms with Crippen LogP contribution in [0.15, 0.2) is 12.2 Å². The third-order valence-electron chi connectivity index (χ3n) is 4.82. The highest BCUT2D eigenvalue weighted by atomic mass is 15.0. The molecule has 0 saturated carbocycles. The van der Waals surface area contributed by atoms with Crippen molar-refractivity contribution in [1.82, 2.24) is 10.2 Å². The number of hydrogen-bond acceptors (Lipinski definition) is 2. The minimum Gasteiger partial charge on any atom is -0.317 e. The predicted molar refractivity (Wildman–Crippen MR) is 115 cm³/mol. The number of allylic oxidation sites excluding steroid dienone is 2. The van der Waals surface area contributed by atoms with Gasteiger partial charge in [-0.3, -0.25) is 0 Å². The van der Waals surface area contributed by atoms with E-state index in [9.17, 15) is 0 Å². The van der Waals surface area contributed by atoms with E-state index < -0.39 is 0 Å². The molecule has 0 aliphatic rings. The van der Waals surface area contributed by atoms with Crippen LogP contribution in [0.4, 0.5) is 0 Å². The van der Waals surface area contributed by atoms with E-state index in [2.05, 4.69) is 43.4 Å². The van der Waals surface area contributed by atoms with Crippen molar-refractivity contribution in [2.24, 2.45) is 0 Å². The van der Waals surface area contributed by atoms with Gasteiger partial charge in [0.1, 0.15) is 0 Å². The second-order valence-electron chi connectivity index (χ2n) is 7.84. The molecule has 0 spiro atoms. The van der Waals surface area contributed by atoms with Gasteiger partial charge in [-0.25, -0.2) is 0 Å². The normalized spacial score (nSPS) is 11.8. The monoisotopic (exact) mass is 352 g/mol. The molecule has 25 heavy (non-hydrogen) atoms. The molecule has 0 aliphatic heterocycles. The lowest BCUT2D eigenvalue weighted by Gasteiger charge is -2.09. The van der Waals surface area contributed by atoms with Gasteiger partial charge in [0.15, 0.2) is 0 Å². The molecule has 0 aliphatic carbocycles. The zero-order valence-corrected chi connectivity index (χ0v) is 17.8. The first-order valence-corrected chi connectivity index (χ1v) is 11.3. The number of hydrogen-bond donors (Lipinski definition) is 1. The molecule has 0 aromatic rings. The van der Waals surface area contributed by atoms with Gasteiger partial charge >= 0.3 is 0 Å². The maximum absolute atomic E-state index is 3.55. The third kappa shape index (κ3) is 23.7. The maximum atomic E-state index is 3.55. The summed E-state index contributed by atoms with van der Waals surface area (Å²) in [6.07, 6.45) is 25.5. The number of nitrogens with zero attached hydrogens (tertiary/aromatic N) is 1. The SMILES string of the molecule is CCCCCCCC/C=C\CCCCCCCCNCCCN(C)C. The number of unbranched alkanes of at least 4 members (excludes halogenated alkanes) is 12. The molecular formula is C23H48N2. The molecule has 0 aromatic carbocycles.